The number of hydrogen-bond acceptors (Lipinski definition) is 5. The lowest BCUT2D eigenvalue weighted by molar-refractivity contribution is -0.386. The molecular weight excluding hydrogens is 330 g/mol. The van der Waals surface area contributed by atoms with Crippen molar-refractivity contribution >= 4 is 17.3 Å². The van der Waals surface area contributed by atoms with E-state index in [4.69, 9.17) is 11.6 Å². The van der Waals surface area contributed by atoms with Gasteiger partial charge in [0.1, 0.15) is 5.75 Å². The second kappa shape index (κ2) is 7.68. The van der Waals surface area contributed by atoms with Crippen molar-refractivity contribution in [3.05, 3.63) is 32.8 Å². The predicted molar refractivity (Wildman–Crippen MR) is 93.5 cm³/mol. The molecule has 0 unspecified atom stereocenters. The fourth-order valence-electron chi connectivity index (χ4n) is 4.15. The standard InChI is InChI=1S/C17H24ClN3O3/c18-13-6-7-14(21(23)24)15(17(13)22)16(12-4-2-1-3-5-12)20-10-8-19-9-11-20/h6-7,12,16,19,22H,1-5,8-11H2/t16-/m0/s1. The summed E-state index contributed by atoms with van der Waals surface area (Å²) in [6, 6.07) is 2.69. The molecule has 132 valence electrons. The van der Waals surface area contributed by atoms with Crippen LogP contribution in [0.4, 0.5) is 5.69 Å². The third-order valence-electron chi connectivity index (χ3n) is 5.28. The lowest BCUT2D eigenvalue weighted by Crippen LogP contribution is -2.47. The van der Waals surface area contributed by atoms with Crippen LogP contribution in [0.25, 0.3) is 0 Å². The number of aromatic hydroxyl groups is 1. The Labute approximate surface area is 146 Å². The van der Waals surface area contributed by atoms with Crippen LogP contribution in [0, 0.1) is 16.0 Å². The zero-order valence-electron chi connectivity index (χ0n) is 13.7. The molecule has 3 rings (SSSR count). The van der Waals surface area contributed by atoms with Gasteiger partial charge in [-0.05, 0) is 24.8 Å². The molecule has 0 bridgehead atoms. The molecule has 1 aliphatic heterocycles. The van der Waals surface area contributed by atoms with Crippen molar-refractivity contribution in [3.63, 3.8) is 0 Å². The van der Waals surface area contributed by atoms with E-state index in [0.717, 1.165) is 51.9 Å². The van der Waals surface area contributed by atoms with Gasteiger partial charge in [-0.25, -0.2) is 0 Å². The summed E-state index contributed by atoms with van der Waals surface area (Å²) in [6.45, 7) is 3.37. The second-order valence-corrected chi connectivity index (χ2v) is 7.12. The second-order valence-electron chi connectivity index (χ2n) is 6.71. The van der Waals surface area contributed by atoms with Crippen molar-refractivity contribution in [1.29, 1.82) is 0 Å². The summed E-state index contributed by atoms with van der Waals surface area (Å²) in [6.07, 6.45) is 5.58. The van der Waals surface area contributed by atoms with Gasteiger partial charge in [-0.15, -0.1) is 0 Å². The number of hydrogen-bond donors (Lipinski definition) is 2. The molecule has 0 radical (unpaired) electrons. The normalized spacial score (nSPS) is 21.5. The summed E-state index contributed by atoms with van der Waals surface area (Å²) in [4.78, 5) is 13.5. The van der Waals surface area contributed by atoms with Crippen LogP contribution in [0.3, 0.4) is 0 Å². The van der Waals surface area contributed by atoms with Gasteiger partial charge in [0.15, 0.2) is 0 Å². The van der Waals surface area contributed by atoms with Gasteiger partial charge in [0.05, 0.1) is 15.5 Å². The Morgan fingerprint density at radius 2 is 1.92 bits per heavy atom. The number of nitro groups is 1. The first-order valence-corrected chi connectivity index (χ1v) is 9.08. The van der Waals surface area contributed by atoms with E-state index in [2.05, 4.69) is 10.2 Å². The zero-order chi connectivity index (χ0) is 17.1. The minimum absolute atomic E-state index is 0.0222. The highest BCUT2D eigenvalue weighted by Crippen LogP contribution is 2.47. The molecule has 2 N–H and O–H groups in total. The molecule has 1 aliphatic carbocycles. The first kappa shape index (κ1) is 17.5. The third kappa shape index (κ3) is 3.50. The molecule has 6 nitrogen and oxygen atoms in total. The fraction of sp³-hybridized carbons (Fsp3) is 0.647. The van der Waals surface area contributed by atoms with E-state index in [0.29, 0.717) is 11.5 Å². The number of rotatable bonds is 4. The summed E-state index contributed by atoms with van der Waals surface area (Å²) >= 11 is 6.11. The Kier molecular flexibility index (Phi) is 5.58. The minimum atomic E-state index is -0.399. The van der Waals surface area contributed by atoms with E-state index in [1.807, 2.05) is 0 Å². The minimum Gasteiger partial charge on any atom is -0.506 e. The average molecular weight is 354 g/mol. The SMILES string of the molecule is O=[N+]([O-])c1ccc(Cl)c(O)c1[C@H](C1CCCCC1)N1CCNCC1. The molecular formula is C17H24ClN3O3. The topological polar surface area (TPSA) is 78.6 Å². The van der Waals surface area contributed by atoms with Crippen LogP contribution in [0.2, 0.25) is 5.02 Å². The first-order chi connectivity index (χ1) is 11.6. The molecule has 24 heavy (non-hydrogen) atoms. The van der Waals surface area contributed by atoms with E-state index < -0.39 is 4.92 Å². The van der Waals surface area contributed by atoms with E-state index in [9.17, 15) is 15.2 Å². The van der Waals surface area contributed by atoms with Gasteiger partial charge in [0, 0.05) is 38.3 Å². The van der Waals surface area contributed by atoms with Gasteiger partial charge >= 0.3 is 0 Å². The maximum atomic E-state index is 11.6. The van der Waals surface area contributed by atoms with Crippen LogP contribution in [0.1, 0.15) is 43.7 Å². The molecule has 0 aromatic heterocycles. The Balaban J connectivity index is 2.07. The molecule has 1 saturated heterocycles. The van der Waals surface area contributed by atoms with E-state index in [1.165, 1.54) is 18.6 Å². The van der Waals surface area contributed by atoms with Crippen molar-refractivity contribution in [2.45, 2.75) is 38.1 Å². The third-order valence-corrected chi connectivity index (χ3v) is 5.58. The van der Waals surface area contributed by atoms with Crippen LogP contribution in [0.15, 0.2) is 12.1 Å². The van der Waals surface area contributed by atoms with Crippen LogP contribution in [-0.2, 0) is 0 Å². The fourth-order valence-corrected chi connectivity index (χ4v) is 4.31. The Bertz CT molecular complexity index is 581. The predicted octanol–water partition coefficient (Wildman–Crippen LogP) is 3.48. The molecule has 1 saturated carbocycles. The summed E-state index contributed by atoms with van der Waals surface area (Å²) < 4.78 is 0. The summed E-state index contributed by atoms with van der Waals surface area (Å²) in [5.74, 6) is 0.194. The van der Waals surface area contributed by atoms with Crippen molar-refractivity contribution in [3.8, 4) is 5.75 Å². The summed E-state index contributed by atoms with van der Waals surface area (Å²) in [5.41, 5.74) is 0.382. The number of phenols is 1. The number of benzene rings is 1. The molecule has 1 atom stereocenters. The van der Waals surface area contributed by atoms with Crippen molar-refractivity contribution in [2.75, 3.05) is 26.2 Å². The Morgan fingerprint density at radius 3 is 2.54 bits per heavy atom. The largest absolute Gasteiger partial charge is 0.506 e. The van der Waals surface area contributed by atoms with E-state index in [-0.39, 0.29) is 22.5 Å². The number of halogens is 1. The van der Waals surface area contributed by atoms with Gasteiger partial charge in [-0.2, -0.15) is 0 Å². The summed E-state index contributed by atoms with van der Waals surface area (Å²) in [5, 5.41) is 25.7. The highest BCUT2D eigenvalue weighted by Gasteiger charge is 2.37. The monoisotopic (exact) mass is 353 g/mol. The van der Waals surface area contributed by atoms with Crippen molar-refractivity contribution in [2.24, 2.45) is 5.92 Å². The number of nitrogens with one attached hydrogen (secondary N) is 1. The Hall–Kier alpha value is -1.37. The Morgan fingerprint density at radius 1 is 1.25 bits per heavy atom. The van der Waals surface area contributed by atoms with Crippen molar-refractivity contribution in [1.82, 2.24) is 10.2 Å². The number of nitrogens with zero attached hydrogens (tertiary/aromatic N) is 2. The van der Waals surface area contributed by atoms with Crippen LogP contribution < -0.4 is 5.32 Å². The van der Waals surface area contributed by atoms with E-state index in [1.54, 1.807) is 0 Å². The quantitative estimate of drug-likeness (QED) is 0.640. The van der Waals surface area contributed by atoms with Crippen molar-refractivity contribution < 1.29 is 10.0 Å². The maximum Gasteiger partial charge on any atom is 0.278 e. The number of phenolic OH excluding ortho intramolecular Hbond substituents is 1. The van der Waals surface area contributed by atoms with Crippen LogP contribution in [-0.4, -0.2) is 41.1 Å². The molecule has 2 fully saturated rings. The molecule has 1 heterocycles. The first-order valence-electron chi connectivity index (χ1n) is 8.70. The molecule has 1 aromatic rings. The zero-order valence-corrected chi connectivity index (χ0v) is 14.5. The molecule has 0 spiro atoms. The number of nitro benzene ring substituents is 1. The van der Waals surface area contributed by atoms with E-state index >= 15 is 0 Å². The molecule has 7 heteroatoms. The highest BCUT2D eigenvalue weighted by molar-refractivity contribution is 6.32. The highest BCUT2D eigenvalue weighted by atomic mass is 35.5. The molecule has 1 aromatic carbocycles. The van der Waals surface area contributed by atoms with Gasteiger partial charge in [0.2, 0.25) is 0 Å². The smallest absolute Gasteiger partial charge is 0.278 e. The molecule has 2 aliphatic rings. The van der Waals surface area contributed by atoms with Gasteiger partial charge in [-0.1, -0.05) is 30.9 Å². The lowest BCUT2D eigenvalue weighted by atomic mass is 9.79. The van der Waals surface area contributed by atoms with Gasteiger partial charge < -0.3 is 10.4 Å². The average Bonchev–Trinajstić information content (AvgIpc) is 2.60. The van der Waals surface area contributed by atoms with Crippen LogP contribution in [0.5, 0.6) is 5.75 Å². The maximum absolute atomic E-state index is 11.6. The summed E-state index contributed by atoms with van der Waals surface area (Å²) in [7, 11) is 0. The number of piperazine rings is 1. The lowest BCUT2D eigenvalue weighted by Gasteiger charge is -2.41. The van der Waals surface area contributed by atoms with Gasteiger partial charge in [-0.3, -0.25) is 15.0 Å². The van der Waals surface area contributed by atoms with Crippen LogP contribution >= 0.6 is 11.6 Å². The van der Waals surface area contributed by atoms with Gasteiger partial charge in [0.25, 0.3) is 5.69 Å². The molecule has 0 amide bonds.